The third-order valence-electron chi connectivity index (χ3n) is 2.68. The summed E-state index contributed by atoms with van der Waals surface area (Å²) in [6, 6.07) is 5.41. The molecule has 0 radical (unpaired) electrons. The van der Waals surface area contributed by atoms with Crippen molar-refractivity contribution in [3.8, 4) is 11.5 Å². The van der Waals surface area contributed by atoms with Gasteiger partial charge in [-0.05, 0) is 47.6 Å². The Kier molecular flexibility index (Phi) is 5.26. The SMILES string of the molecule is COC(=O)Oc1c(I)cccc1OC1CCCCO1. The minimum Gasteiger partial charge on any atom is -0.461 e. The molecule has 0 saturated carbocycles. The predicted octanol–water partition coefficient (Wildman–Crippen LogP) is 3.34. The molecular weight excluding hydrogens is 363 g/mol. The molecule has 1 atom stereocenters. The molecule has 0 spiro atoms. The summed E-state index contributed by atoms with van der Waals surface area (Å²) in [6.45, 7) is 0.696. The van der Waals surface area contributed by atoms with E-state index in [1.807, 2.05) is 12.1 Å². The maximum atomic E-state index is 11.2. The Balaban J connectivity index is 2.13. The second-order valence-corrected chi connectivity index (χ2v) is 5.20. The van der Waals surface area contributed by atoms with Crippen molar-refractivity contribution in [1.29, 1.82) is 0 Å². The highest BCUT2D eigenvalue weighted by Crippen LogP contribution is 2.34. The van der Waals surface area contributed by atoms with E-state index < -0.39 is 6.16 Å². The lowest BCUT2D eigenvalue weighted by molar-refractivity contribution is -0.106. The molecule has 1 fully saturated rings. The van der Waals surface area contributed by atoms with Crippen LogP contribution >= 0.6 is 22.6 Å². The van der Waals surface area contributed by atoms with Crippen molar-refractivity contribution >= 4 is 28.7 Å². The van der Waals surface area contributed by atoms with Gasteiger partial charge < -0.3 is 18.9 Å². The first-order valence-corrected chi connectivity index (χ1v) is 7.11. The van der Waals surface area contributed by atoms with Crippen LogP contribution in [0, 0.1) is 3.57 Å². The van der Waals surface area contributed by atoms with Crippen molar-refractivity contribution in [2.45, 2.75) is 25.6 Å². The monoisotopic (exact) mass is 378 g/mol. The number of para-hydroxylation sites is 1. The van der Waals surface area contributed by atoms with Crippen molar-refractivity contribution in [2.24, 2.45) is 0 Å². The van der Waals surface area contributed by atoms with Gasteiger partial charge in [-0.25, -0.2) is 4.79 Å². The number of benzene rings is 1. The number of hydrogen-bond donors (Lipinski definition) is 0. The zero-order chi connectivity index (χ0) is 13.7. The molecule has 1 aliphatic rings. The van der Waals surface area contributed by atoms with Crippen LogP contribution in [0.2, 0.25) is 0 Å². The van der Waals surface area contributed by atoms with Gasteiger partial charge in [0.25, 0.3) is 0 Å². The van der Waals surface area contributed by atoms with Gasteiger partial charge in [-0.1, -0.05) is 6.07 Å². The van der Waals surface area contributed by atoms with E-state index in [1.54, 1.807) is 6.07 Å². The molecule has 6 heteroatoms. The molecule has 1 unspecified atom stereocenters. The molecule has 1 aromatic rings. The number of hydrogen-bond acceptors (Lipinski definition) is 5. The molecular formula is C13H15IO5. The largest absolute Gasteiger partial charge is 0.513 e. The average Bonchev–Trinajstić information content (AvgIpc) is 2.43. The normalized spacial score (nSPS) is 18.7. The lowest BCUT2D eigenvalue weighted by Crippen LogP contribution is -2.25. The molecule has 104 valence electrons. The number of carbonyl (C=O) groups is 1. The molecule has 5 nitrogen and oxygen atoms in total. The van der Waals surface area contributed by atoms with Gasteiger partial charge in [0, 0.05) is 6.42 Å². The first-order chi connectivity index (χ1) is 9.20. The Labute approximate surface area is 125 Å². The number of carbonyl (C=O) groups excluding carboxylic acids is 1. The third-order valence-corrected chi connectivity index (χ3v) is 3.53. The van der Waals surface area contributed by atoms with Crippen LogP contribution < -0.4 is 9.47 Å². The standard InChI is InChI=1S/C13H15IO5/c1-16-13(15)19-12-9(14)5-4-6-10(12)18-11-7-2-3-8-17-11/h4-6,11H,2-3,7-8H2,1H3. The Morgan fingerprint density at radius 1 is 1.42 bits per heavy atom. The number of rotatable bonds is 3. The van der Waals surface area contributed by atoms with Crippen molar-refractivity contribution < 1.29 is 23.7 Å². The fourth-order valence-electron chi connectivity index (χ4n) is 1.75. The van der Waals surface area contributed by atoms with Gasteiger partial charge in [0.2, 0.25) is 0 Å². The quantitative estimate of drug-likeness (QED) is 0.459. The van der Waals surface area contributed by atoms with Gasteiger partial charge in [0.1, 0.15) is 0 Å². The average molecular weight is 378 g/mol. The summed E-state index contributed by atoms with van der Waals surface area (Å²) in [6.07, 6.45) is 1.91. The summed E-state index contributed by atoms with van der Waals surface area (Å²) in [4.78, 5) is 11.2. The van der Waals surface area contributed by atoms with Crippen LogP contribution in [0.3, 0.4) is 0 Å². The summed E-state index contributed by atoms with van der Waals surface area (Å²) >= 11 is 2.08. The Hall–Kier alpha value is -1.02. The fraction of sp³-hybridized carbons (Fsp3) is 0.462. The highest BCUT2D eigenvalue weighted by Gasteiger charge is 2.20. The maximum absolute atomic E-state index is 11.2. The van der Waals surface area contributed by atoms with Crippen LogP contribution in [-0.2, 0) is 9.47 Å². The second kappa shape index (κ2) is 6.95. The molecule has 0 bridgehead atoms. The van der Waals surface area contributed by atoms with Gasteiger partial charge in [0.15, 0.2) is 17.8 Å². The molecule has 19 heavy (non-hydrogen) atoms. The summed E-state index contributed by atoms with van der Waals surface area (Å²) in [5.74, 6) is 0.855. The third kappa shape index (κ3) is 3.97. The smallest absolute Gasteiger partial charge is 0.461 e. The van der Waals surface area contributed by atoms with Gasteiger partial charge in [0.05, 0.1) is 17.3 Å². The lowest BCUT2D eigenvalue weighted by Gasteiger charge is -2.24. The molecule has 0 aromatic heterocycles. The molecule has 2 rings (SSSR count). The zero-order valence-electron chi connectivity index (χ0n) is 10.6. The van der Waals surface area contributed by atoms with Crippen molar-refractivity contribution in [3.63, 3.8) is 0 Å². The number of methoxy groups -OCH3 is 1. The molecule has 1 aliphatic heterocycles. The highest BCUT2D eigenvalue weighted by molar-refractivity contribution is 14.1. The second-order valence-electron chi connectivity index (χ2n) is 4.04. The topological polar surface area (TPSA) is 54.0 Å². The molecule has 0 N–H and O–H groups in total. The number of halogens is 1. The molecule has 0 aliphatic carbocycles. The Bertz CT molecular complexity index is 443. The van der Waals surface area contributed by atoms with Crippen LogP contribution in [0.15, 0.2) is 18.2 Å². The van der Waals surface area contributed by atoms with E-state index in [-0.39, 0.29) is 6.29 Å². The van der Waals surface area contributed by atoms with E-state index in [0.717, 1.165) is 22.8 Å². The number of ether oxygens (including phenoxy) is 4. The van der Waals surface area contributed by atoms with E-state index in [0.29, 0.717) is 18.1 Å². The lowest BCUT2D eigenvalue weighted by atomic mass is 10.2. The van der Waals surface area contributed by atoms with Gasteiger partial charge >= 0.3 is 6.16 Å². The molecule has 1 aromatic carbocycles. The first-order valence-electron chi connectivity index (χ1n) is 6.03. The summed E-state index contributed by atoms with van der Waals surface area (Å²) in [5.41, 5.74) is 0. The summed E-state index contributed by atoms with van der Waals surface area (Å²) < 4.78 is 21.7. The van der Waals surface area contributed by atoms with Gasteiger partial charge in [-0.2, -0.15) is 0 Å². The van der Waals surface area contributed by atoms with E-state index in [1.165, 1.54) is 7.11 Å². The van der Waals surface area contributed by atoms with E-state index in [2.05, 4.69) is 27.3 Å². The van der Waals surface area contributed by atoms with E-state index in [9.17, 15) is 4.79 Å². The minimum absolute atomic E-state index is 0.285. The van der Waals surface area contributed by atoms with Crippen molar-refractivity contribution in [1.82, 2.24) is 0 Å². The fourth-order valence-corrected chi connectivity index (χ4v) is 2.34. The van der Waals surface area contributed by atoms with Crippen LogP contribution in [0.4, 0.5) is 4.79 Å². The summed E-state index contributed by atoms with van der Waals surface area (Å²) in [7, 11) is 1.27. The molecule has 0 amide bonds. The van der Waals surface area contributed by atoms with Crippen LogP contribution in [0.5, 0.6) is 11.5 Å². The van der Waals surface area contributed by atoms with Gasteiger partial charge in [-0.15, -0.1) is 0 Å². The van der Waals surface area contributed by atoms with Gasteiger partial charge in [-0.3, -0.25) is 0 Å². The van der Waals surface area contributed by atoms with Crippen molar-refractivity contribution in [3.05, 3.63) is 21.8 Å². The van der Waals surface area contributed by atoms with E-state index >= 15 is 0 Å². The highest BCUT2D eigenvalue weighted by atomic mass is 127. The van der Waals surface area contributed by atoms with Crippen LogP contribution in [0.1, 0.15) is 19.3 Å². The molecule has 1 saturated heterocycles. The van der Waals surface area contributed by atoms with Crippen LogP contribution in [0.25, 0.3) is 0 Å². The van der Waals surface area contributed by atoms with Crippen LogP contribution in [-0.4, -0.2) is 26.2 Å². The van der Waals surface area contributed by atoms with Crippen molar-refractivity contribution in [2.75, 3.05) is 13.7 Å². The predicted molar refractivity (Wildman–Crippen MR) is 76.4 cm³/mol. The van der Waals surface area contributed by atoms with E-state index in [4.69, 9.17) is 14.2 Å². The minimum atomic E-state index is -0.765. The Morgan fingerprint density at radius 3 is 2.95 bits per heavy atom. The first kappa shape index (κ1) is 14.4. The molecule has 1 heterocycles. The zero-order valence-corrected chi connectivity index (χ0v) is 12.7. The summed E-state index contributed by atoms with van der Waals surface area (Å²) in [5, 5.41) is 0. The Morgan fingerprint density at radius 2 is 2.26 bits per heavy atom. The maximum Gasteiger partial charge on any atom is 0.513 e.